The molecule has 0 saturated carbocycles. The number of hydrogen-bond donors (Lipinski definition) is 0. The minimum Gasteiger partial charge on any atom is -0.459 e. The second-order valence-corrected chi connectivity index (χ2v) is 6.81. The monoisotopic (exact) mass is 385 g/mol. The number of carbonyl (C=O) groups is 2. The van der Waals surface area contributed by atoms with Crippen molar-refractivity contribution in [1.82, 2.24) is 19.8 Å². The number of rotatable bonds is 7. The second kappa shape index (κ2) is 9.34. The number of nitrogens with zero attached hydrogens (tertiary/aromatic N) is 5. The van der Waals surface area contributed by atoms with Crippen molar-refractivity contribution in [1.29, 1.82) is 0 Å². The molecule has 0 aromatic carbocycles. The molecule has 0 spiro atoms. The lowest BCUT2D eigenvalue weighted by atomic mass is 10.2. The number of amides is 2. The van der Waals surface area contributed by atoms with Gasteiger partial charge in [0.1, 0.15) is 17.8 Å². The predicted molar refractivity (Wildman–Crippen MR) is 105 cm³/mol. The van der Waals surface area contributed by atoms with Gasteiger partial charge >= 0.3 is 0 Å². The molecule has 150 valence electrons. The lowest BCUT2D eigenvalue weighted by Crippen LogP contribution is -2.50. The summed E-state index contributed by atoms with van der Waals surface area (Å²) in [7, 11) is 0. The zero-order valence-corrected chi connectivity index (χ0v) is 16.5. The van der Waals surface area contributed by atoms with Gasteiger partial charge in [-0.1, -0.05) is 13.8 Å². The van der Waals surface area contributed by atoms with Gasteiger partial charge in [0.2, 0.25) is 0 Å². The number of anilines is 1. The van der Waals surface area contributed by atoms with E-state index in [1.807, 2.05) is 0 Å². The van der Waals surface area contributed by atoms with E-state index in [0.29, 0.717) is 37.6 Å². The van der Waals surface area contributed by atoms with Crippen LogP contribution in [-0.4, -0.2) is 70.9 Å². The van der Waals surface area contributed by atoms with E-state index in [2.05, 4.69) is 28.7 Å². The van der Waals surface area contributed by atoms with Gasteiger partial charge in [-0.25, -0.2) is 9.97 Å². The fraction of sp³-hybridized carbons (Fsp3) is 0.500. The molecular weight excluding hydrogens is 358 g/mol. The van der Waals surface area contributed by atoms with Crippen LogP contribution in [0.15, 0.2) is 35.2 Å². The molecule has 3 heterocycles. The fourth-order valence-corrected chi connectivity index (χ4v) is 3.35. The molecule has 0 radical (unpaired) electrons. The van der Waals surface area contributed by atoms with Crippen LogP contribution in [-0.2, 0) is 0 Å². The standard InChI is InChI=1S/C20H27N5O3/c1-3-7-23(8-4-2)18-14-16(21-15-22-18)19(26)24-9-11-25(12-10-24)20(27)17-6-5-13-28-17/h5-6,13-15H,3-4,7-12H2,1-2H3. The Morgan fingerprint density at radius 3 is 2.25 bits per heavy atom. The minimum atomic E-state index is -0.142. The van der Waals surface area contributed by atoms with E-state index in [1.165, 1.54) is 12.6 Å². The summed E-state index contributed by atoms with van der Waals surface area (Å²) < 4.78 is 5.17. The van der Waals surface area contributed by atoms with Crippen molar-refractivity contribution < 1.29 is 14.0 Å². The van der Waals surface area contributed by atoms with Crippen molar-refractivity contribution in [2.45, 2.75) is 26.7 Å². The third-order valence-electron chi connectivity index (χ3n) is 4.77. The fourth-order valence-electron chi connectivity index (χ4n) is 3.35. The van der Waals surface area contributed by atoms with Crippen molar-refractivity contribution >= 4 is 17.6 Å². The van der Waals surface area contributed by atoms with Crippen molar-refractivity contribution in [3.8, 4) is 0 Å². The van der Waals surface area contributed by atoms with Gasteiger partial charge in [0.05, 0.1) is 6.26 Å². The van der Waals surface area contributed by atoms with E-state index in [-0.39, 0.29) is 11.8 Å². The van der Waals surface area contributed by atoms with Gasteiger partial charge in [-0.3, -0.25) is 9.59 Å². The quantitative estimate of drug-likeness (QED) is 0.727. The van der Waals surface area contributed by atoms with Gasteiger partial charge in [-0.15, -0.1) is 0 Å². The molecule has 8 nitrogen and oxygen atoms in total. The van der Waals surface area contributed by atoms with Crippen LogP contribution in [0, 0.1) is 0 Å². The molecule has 1 fully saturated rings. The van der Waals surface area contributed by atoms with Crippen molar-refractivity contribution in [2.75, 3.05) is 44.2 Å². The van der Waals surface area contributed by atoms with Crippen LogP contribution in [0.1, 0.15) is 47.7 Å². The highest BCUT2D eigenvalue weighted by molar-refractivity contribution is 5.94. The van der Waals surface area contributed by atoms with E-state index in [9.17, 15) is 9.59 Å². The summed E-state index contributed by atoms with van der Waals surface area (Å²) in [5.74, 6) is 0.846. The molecular formula is C20H27N5O3. The molecule has 0 bridgehead atoms. The molecule has 2 aromatic rings. The molecule has 1 saturated heterocycles. The van der Waals surface area contributed by atoms with Crippen LogP contribution >= 0.6 is 0 Å². The smallest absolute Gasteiger partial charge is 0.289 e. The zero-order valence-electron chi connectivity index (χ0n) is 16.5. The van der Waals surface area contributed by atoms with Gasteiger partial charge < -0.3 is 19.1 Å². The predicted octanol–water partition coefficient (Wildman–Crippen LogP) is 2.29. The van der Waals surface area contributed by atoms with Crippen molar-refractivity contribution in [3.63, 3.8) is 0 Å². The van der Waals surface area contributed by atoms with E-state index >= 15 is 0 Å². The lowest BCUT2D eigenvalue weighted by Gasteiger charge is -2.34. The van der Waals surface area contributed by atoms with E-state index in [0.717, 1.165) is 31.7 Å². The van der Waals surface area contributed by atoms with E-state index in [4.69, 9.17) is 4.42 Å². The zero-order chi connectivity index (χ0) is 19.9. The molecule has 3 rings (SSSR count). The molecule has 1 aliphatic heterocycles. The summed E-state index contributed by atoms with van der Waals surface area (Å²) in [5.41, 5.74) is 0.396. The van der Waals surface area contributed by atoms with Gasteiger partial charge in [-0.05, 0) is 25.0 Å². The van der Waals surface area contributed by atoms with Gasteiger partial charge in [0.25, 0.3) is 11.8 Å². The van der Waals surface area contributed by atoms with Crippen molar-refractivity contribution in [3.05, 3.63) is 42.2 Å². The Hall–Kier alpha value is -2.90. The Kier molecular flexibility index (Phi) is 6.62. The maximum atomic E-state index is 12.9. The van der Waals surface area contributed by atoms with Gasteiger partial charge in [-0.2, -0.15) is 0 Å². The van der Waals surface area contributed by atoms with Gasteiger partial charge in [0, 0.05) is 45.3 Å². The largest absolute Gasteiger partial charge is 0.459 e. The molecule has 2 aromatic heterocycles. The molecule has 28 heavy (non-hydrogen) atoms. The van der Waals surface area contributed by atoms with Crippen LogP contribution in [0.2, 0.25) is 0 Å². The number of aromatic nitrogens is 2. The molecule has 0 unspecified atom stereocenters. The van der Waals surface area contributed by atoms with Crippen LogP contribution in [0.25, 0.3) is 0 Å². The summed E-state index contributed by atoms with van der Waals surface area (Å²) in [5, 5.41) is 0. The summed E-state index contributed by atoms with van der Waals surface area (Å²) in [6.07, 6.45) is 4.97. The first-order valence-electron chi connectivity index (χ1n) is 9.83. The normalized spacial score (nSPS) is 14.2. The Morgan fingerprint density at radius 2 is 1.68 bits per heavy atom. The Bertz CT molecular complexity index is 779. The SMILES string of the molecule is CCCN(CCC)c1cc(C(=O)N2CCN(C(=O)c3ccco3)CC2)ncn1. The maximum absolute atomic E-state index is 12.9. The molecule has 2 amide bonds. The average Bonchev–Trinajstić information content (AvgIpc) is 3.28. The molecule has 0 aliphatic carbocycles. The van der Waals surface area contributed by atoms with Crippen LogP contribution in [0.4, 0.5) is 5.82 Å². The summed E-state index contributed by atoms with van der Waals surface area (Å²) in [6, 6.07) is 5.12. The van der Waals surface area contributed by atoms with E-state index < -0.39 is 0 Å². The number of carbonyl (C=O) groups excluding carboxylic acids is 2. The molecule has 0 N–H and O–H groups in total. The lowest BCUT2D eigenvalue weighted by molar-refractivity contribution is 0.0515. The Labute approximate surface area is 165 Å². The third-order valence-corrected chi connectivity index (χ3v) is 4.77. The first-order valence-corrected chi connectivity index (χ1v) is 9.83. The maximum Gasteiger partial charge on any atom is 0.289 e. The number of piperazine rings is 1. The molecule has 1 aliphatic rings. The molecule has 0 atom stereocenters. The Balaban J connectivity index is 1.63. The summed E-state index contributed by atoms with van der Waals surface area (Å²) in [4.78, 5) is 39.4. The first-order chi connectivity index (χ1) is 13.6. The topological polar surface area (TPSA) is 82.8 Å². The van der Waals surface area contributed by atoms with Crippen LogP contribution < -0.4 is 4.90 Å². The highest BCUT2D eigenvalue weighted by atomic mass is 16.3. The summed E-state index contributed by atoms with van der Waals surface area (Å²) >= 11 is 0. The number of furan rings is 1. The summed E-state index contributed by atoms with van der Waals surface area (Å²) in [6.45, 7) is 7.93. The third kappa shape index (κ3) is 4.49. The van der Waals surface area contributed by atoms with Crippen LogP contribution in [0.3, 0.4) is 0 Å². The Morgan fingerprint density at radius 1 is 1.04 bits per heavy atom. The van der Waals surface area contributed by atoms with E-state index in [1.54, 1.807) is 28.0 Å². The second-order valence-electron chi connectivity index (χ2n) is 6.81. The van der Waals surface area contributed by atoms with Crippen molar-refractivity contribution in [2.24, 2.45) is 0 Å². The number of hydrogen-bond acceptors (Lipinski definition) is 6. The highest BCUT2D eigenvalue weighted by Crippen LogP contribution is 2.15. The highest BCUT2D eigenvalue weighted by Gasteiger charge is 2.27. The first kappa shape index (κ1) is 19.9. The molecule has 8 heteroatoms. The van der Waals surface area contributed by atoms with Gasteiger partial charge in [0.15, 0.2) is 5.76 Å². The minimum absolute atomic E-state index is 0.123. The average molecular weight is 385 g/mol. The van der Waals surface area contributed by atoms with Crippen LogP contribution in [0.5, 0.6) is 0 Å².